The SMILES string of the molecule is C[C@H](C(=O)O)N1CCN(S(=O)(=O)c2ccccc2F)CC1. The molecular formula is C13H17FN2O4S. The molecule has 0 aromatic heterocycles. The van der Waals surface area contributed by atoms with Crippen molar-refractivity contribution in [2.24, 2.45) is 0 Å². The van der Waals surface area contributed by atoms with Crippen molar-refractivity contribution in [1.29, 1.82) is 0 Å². The van der Waals surface area contributed by atoms with Crippen molar-refractivity contribution in [2.45, 2.75) is 17.9 Å². The summed E-state index contributed by atoms with van der Waals surface area (Å²) in [5.41, 5.74) is 0. The molecule has 2 rings (SSSR count). The van der Waals surface area contributed by atoms with E-state index in [0.29, 0.717) is 13.1 Å². The Kier molecular flexibility index (Phi) is 4.60. The Hall–Kier alpha value is -1.51. The first-order valence-electron chi connectivity index (χ1n) is 6.55. The van der Waals surface area contributed by atoms with E-state index in [1.165, 1.54) is 22.5 Å². The average molecular weight is 316 g/mol. The number of aliphatic carboxylic acids is 1. The number of hydrogen-bond donors (Lipinski definition) is 1. The van der Waals surface area contributed by atoms with E-state index in [1.54, 1.807) is 11.8 Å². The quantitative estimate of drug-likeness (QED) is 0.880. The van der Waals surface area contributed by atoms with Crippen LogP contribution >= 0.6 is 0 Å². The van der Waals surface area contributed by atoms with Crippen molar-refractivity contribution in [2.75, 3.05) is 26.2 Å². The van der Waals surface area contributed by atoms with Crippen LogP contribution in [0.3, 0.4) is 0 Å². The molecule has 0 unspecified atom stereocenters. The van der Waals surface area contributed by atoms with Crippen molar-refractivity contribution in [3.63, 3.8) is 0 Å². The number of carbonyl (C=O) groups is 1. The van der Waals surface area contributed by atoms with Crippen LogP contribution in [-0.2, 0) is 14.8 Å². The number of carboxylic acids is 1. The molecule has 0 radical (unpaired) electrons. The van der Waals surface area contributed by atoms with Crippen LogP contribution in [0.15, 0.2) is 29.2 Å². The zero-order valence-electron chi connectivity index (χ0n) is 11.6. The maximum absolute atomic E-state index is 13.7. The van der Waals surface area contributed by atoms with E-state index < -0.39 is 27.9 Å². The Morgan fingerprint density at radius 2 is 1.81 bits per heavy atom. The molecule has 1 saturated heterocycles. The lowest BCUT2D eigenvalue weighted by Gasteiger charge is -2.35. The molecular weight excluding hydrogens is 299 g/mol. The van der Waals surface area contributed by atoms with Crippen LogP contribution < -0.4 is 0 Å². The third-order valence-electron chi connectivity index (χ3n) is 3.63. The van der Waals surface area contributed by atoms with Gasteiger partial charge < -0.3 is 5.11 Å². The predicted molar refractivity (Wildman–Crippen MR) is 73.8 cm³/mol. The smallest absolute Gasteiger partial charge is 0.320 e. The van der Waals surface area contributed by atoms with Crippen LogP contribution in [0.25, 0.3) is 0 Å². The number of piperazine rings is 1. The molecule has 0 saturated carbocycles. The van der Waals surface area contributed by atoms with Gasteiger partial charge in [-0.1, -0.05) is 12.1 Å². The minimum Gasteiger partial charge on any atom is -0.480 e. The van der Waals surface area contributed by atoms with Crippen molar-refractivity contribution in [3.05, 3.63) is 30.1 Å². The fourth-order valence-electron chi connectivity index (χ4n) is 2.28. The van der Waals surface area contributed by atoms with Crippen LogP contribution in [0.2, 0.25) is 0 Å². The molecule has 21 heavy (non-hydrogen) atoms. The van der Waals surface area contributed by atoms with E-state index in [0.717, 1.165) is 6.07 Å². The van der Waals surface area contributed by atoms with E-state index in [-0.39, 0.29) is 18.0 Å². The highest BCUT2D eigenvalue weighted by molar-refractivity contribution is 7.89. The highest BCUT2D eigenvalue weighted by Gasteiger charge is 2.32. The van der Waals surface area contributed by atoms with Gasteiger partial charge in [-0.15, -0.1) is 0 Å². The average Bonchev–Trinajstić information content (AvgIpc) is 2.46. The Balaban J connectivity index is 2.12. The lowest BCUT2D eigenvalue weighted by Crippen LogP contribution is -2.53. The summed E-state index contributed by atoms with van der Waals surface area (Å²) in [5, 5.41) is 8.95. The van der Waals surface area contributed by atoms with Gasteiger partial charge in [-0.3, -0.25) is 9.69 Å². The summed E-state index contributed by atoms with van der Waals surface area (Å²) in [5.74, 6) is -1.72. The number of benzene rings is 1. The van der Waals surface area contributed by atoms with Gasteiger partial charge in [-0.05, 0) is 19.1 Å². The molecule has 0 spiro atoms. The molecule has 1 aliphatic rings. The molecule has 0 amide bonds. The minimum atomic E-state index is -3.88. The molecule has 8 heteroatoms. The van der Waals surface area contributed by atoms with Gasteiger partial charge in [0.15, 0.2) is 0 Å². The Morgan fingerprint density at radius 1 is 1.24 bits per heavy atom. The third-order valence-corrected chi connectivity index (χ3v) is 5.56. The number of nitrogens with zero attached hydrogens (tertiary/aromatic N) is 2. The molecule has 6 nitrogen and oxygen atoms in total. The van der Waals surface area contributed by atoms with Crippen molar-refractivity contribution in [3.8, 4) is 0 Å². The second kappa shape index (κ2) is 6.08. The van der Waals surface area contributed by atoms with Gasteiger partial charge in [0.2, 0.25) is 10.0 Å². The van der Waals surface area contributed by atoms with Crippen molar-refractivity contribution in [1.82, 2.24) is 9.21 Å². The normalized spacial score (nSPS) is 19.3. The van der Waals surface area contributed by atoms with Gasteiger partial charge in [0, 0.05) is 26.2 Å². The number of halogens is 1. The highest BCUT2D eigenvalue weighted by Crippen LogP contribution is 2.20. The summed E-state index contributed by atoms with van der Waals surface area (Å²) in [6, 6.07) is 4.58. The fraction of sp³-hybridized carbons (Fsp3) is 0.462. The van der Waals surface area contributed by atoms with Crippen LogP contribution in [0.1, 0.15) is 6.92 Å². The summed E-state index contributed by atoms with van der Waals surface area (Å²) in [6.45, 7) is 2.47. The summed E-state index contributed by atoms with van der Waals surface area (Å²) in [4.78, 5) is 12.3. The molecule has 0 aliphatic carbocycles. The monoisotopic (exact) mass is 316 g/mol. The molecule has 1 atom stereocenters. The van der Waals surface area contributed by atoms with Crippen molar-refractivity contribution >= 4 is 16.0 Å². The molecule has 1 N–H and O–H groups in total. The van der Waals surface area contributed by atoms with Gasteiger partial charge >= 0.3 is 5.97 Å². The molecule has 1 fully saturated rings. The molecule has 1 aromatic rings. The van der Waals surface area contributed by atoms with E-state index >= 15 is 0 Å². The minimum absolute atomic E-state index is 0.147. The van der Waals surface area contributed by atoms with Gasteiger partial charge in [-0.25, -0.2) is 12.8 Å². The summed E-state index contributed by atoms with van der Waals surface area (Å²) in [6.07, 6.45) is 0. The molecule has 1 heterocycles. The van der Waals surface area contributed by atoms with Crippen LogP contribution in [0.5, 0.6) is 0 Å². The lowest BCUT2D eigenvalue weighted by atomic mass is 10.2. The number of carboxylic acid groups (broad SMARTS) is 1. The number of hydrogen-bond acceptors (Lipinski definition) is 4. The topological polar surface area (TPSA) is 77.9 Å². The second-order valence-electron chi connectivity index (χ2n) is 4.88. The highest BCUT2D eigenvalue weighted by atomic mass is 32.2. The van der Waals surface area contributed by atoms with E-state index in [1.807, 2.05) is 0 Å². The Morgan fingerprint density at radius 3 is 2.33 bits per heavy atom. The van der Waals surface area contributed by atoms with E-state index in [4.69, 9.17) is 5.11 Å². The largest absolute Gasteiger partial charge is 0.480 e. The zero-order valence-corrected chi connectivity index (χ0v) is 12.4. The molecule has 0 bridgehead atoms. The Labute approximate surface area is 122 Å². The van der Waals surface area contributed by atoms with Gasteiger partial charge in [0.25, 0.3) is 0 Å². The van der Waals surface area contributed by atoms with E-state index in [9.17, 15) is 17.6 Å². The first-order valence-corrected chi connectivity index (χ1v) is 7.99. The molecule has 1 aromatic carbocycles. The van der Waals surface area contributed by atoms with Crippen LogP contribution in [-0.4, -0.2) is 60.9 Å². The predicted octanol–water partition coefficient (Wildman–Crippen LogP) is 0.605. The summed E-state index contributed by atoms with van der Waals surface area (Å²) < 4.78 is 39.6. The molecule has 1 aliphatic heterocycles. The van der Waals surface area contributed by atoms with Gasteiger partial charge in [-0.2, -0.15) is 4.31 Å². The third kappa shape index (κ3) is 3.22. The van der Waals surface area contributed by atoms with Crippen LogP contribution in [0, 0.1) is 5.82 Å². The number of rotatable bonds is 4. The lowest BCUT2D eigenvalue weighted by molar-refractivity contribution is -0.143. The number of sulfonamides is 1. The maximum atomic E-state index is 13.7. The standard InChI is InChI=1S/C13H17FN2O4S/c1-10(13(17)18)15-6-8-16(9-7-15)21(19,20)12-5-3-2-4-11(12)14/h2-5,10H,6-9H2,1H3,(H,17,18)/t10-/m1/s1. The first-order chi connectivity index (χ1) is 9.84. The van der Waals surface area contributed by atoms with Gasteiger partial charge in [0.05, 0.1) is 0 Å². The zero-order chi connectivity index (χ0) is 15.6. The second-order valence-corrected chi connectivity index (χ2v) is 6.79. The van der Waals surface area contributed by atoms with Crippen molar-refractivity contribution < 1.29 is 22.7 Å². The van der Waals surface area contributed by atoms with Crippen LogP contribution in [0.4, 0.5) is 4.39 Å². The maximum Gasteiger partial charge on any atom is 0.320 e. The van der Waals surface area contributed by atoms with Gasteiger partial charge in [0.1, 0.15) is 16.8 Å². The first kappa shape index (κ1) is 15.9. The Bertz CT molecular complexity index is 627. The molecule has 116 valence electrons. The summed E-state index contributed by atoms with van der Waals surface area (Å²) >= 11 is 0. The van der Waals surface area contributed by atoms with E-state index in [2.05, 4.69) is 0 Å². The summed E-state index contributed by atoms with van der Waals surface area (Å²) in [7, 11) is -3.88. The fourth-order valence-corrected chi connectivity index (χ4v) is 3.77.